The first-order valence-corrected chi connectivity index (χ1v) is 9.90. The highest BCUT2D eigenvalue weighted by Crippen LogP contribution is 2.25. The molecule has 3 aromatic rings. The Morgan fingerprint density at radius 2 is 0.929 bits per heavy atom. The molecule has 4 nitrogen and oxygen atoms in total. The fraction of sp³-hybridized carbons (Fsp3) is 0. The first-order valence-electron chi connectivity index (χ1n) is 8.11. The zero-order valence-corrected chi connectivity index (χ0v) is 18.0. The summed E-state index contributed by atoms with van der Waals surface area (Å²) in [5.74, 6) is -0.578. The first-order chi connectivity index (χ1) is 13.4. The van der Waals surface area contributed by atoms with E-state index in [1.165, 1.54) is 0 Å². The van der Waals surface area contributed by atoms with Crippen LogP contribution in [0.1, 0.15) is 20.7 Å². The van der Waals surface area contributed by atoms with E-state index >= 15 is 0 Å². The van der Waals surface area contributed by atoms with Gasteiger partial charge in [-0.2, -0.15) is 0 Å². The van der Waals surface area contributed by atoms with Crippen molar-refractivity contribution in [2.24, 2.45) is 0 Å². The first kappa shape index (κ1) is 20.7. The van der Waals surface area contributed by atoms with Gasteiger partial charge in [0.15, 0.2) is 0 Å². The van der Waals surface area contributed by atoms with E-state index in [2.05, 4.69) is 61.1 Å². The summed E-state index contributed by atoms with van der Waals surface area (Å²) in [5, 5.41) is 5.60. The lowest BCUT2D eigenvalue weighted by Crippen LogP contribution is -2.14. The average Bonchev–Trinajstić information content (AvgIpc) is 2.67. The molecule has 3 aromatic carbocycles. The number of rotatable bonds is 4. The van der Waals surface area contributed by atoms with Crippen molar-refractivity contribution < 1.29 is 9.59 Å². The Kier molecular flexibility index (Phi) is 6.66. The van der Waals surface area contributed by atoms with Crippen molar-refractivity contribution in [3.63, 3.8) is 0 Å². The van der Waals surface area contributed by atoms with Crippen molar-refractivity contribution in [2.45, 2.75) is 19.6 Å². The second-order valence-electron chi connectivity index (χ2n) is 5.83. The van der Waals surface area contributed by atoms with Gasteiger partial charge in [0.05, 0.1) is 11.1 Å². The van der Waals surface area contributed by atoms with E-state index < -0.39 is 0 Å². The molecular formula is C20H16N2O2S4. The number of benzene rings is 3. The van der Waals surface area contributed by atoms with Crippen LogP contribution in [0.3, 0.4) is 0 Å². The van der Waals surface area contributed by atoms with Crippen molar-refractivity contribution in [1.82, 2.24) is 0 Å². The Morgan fingerprint density at radius 1 is 0.571 bits per heavy atom. The summed E-state index contributed by atoms with van der Waals surface area (Å²) in [6, 6.07) is 17.2. The molecule has 142 valence electrons. The fourth-order valence-electron chi connectivity index (χ4n) is 2.46. The summed E-state index contributed by atoms with van der Waals surface area (Å²) in [6.07, 6.45) is 0. The summed E-state index contributed by atoms with van der Waals surface area (Å²) in [5.41, 5.74) is 2.04. The number of anilines is 2. The largest absolute Gasteiger partial charge is 0.322 e. The molecule has 8 heteroatoms. The van der Waals surface area contributed by atoms with Gasteiger partial charge >= 0.3 is 0 Å². The predicted molar refractivity (Wildman–Crippen MR) is 124 cm³/mol. The summed E-state index contributed by atoms with van der Waals surface area (Å²) in [7, 11) is 0. The van der Waals surface area contributed by atoms with E-state index in [1.54, 1.807) is 60.7 Å². The molecule has 0 aromatic heterocycles. The predicted octanol–water partition coefficient (Wildman–Crippen LogP) is 5.35. The molecule has 0 saturated carbocycles. The molecule has 0 bridgehead atoms. The second-order valence-corrected chi connectivity index (χ2v) is 7.69. The van der Waals surface area contributed by atoms with Crippen molar-refractivity contribution in [1.29, 1.82) is 0 Å². The number of hydrogen-bond acceptors (Lipinski definition) is 6. The van der Waals surface area contributed by atoms with Gasteiger partial charge in [-0.15, -0.1) is 50.5 Å². The van der Waals surface area contributed by atoms with Crippen LogP contribution in [0.4, 0.5) is 11.4 Å². The van der Waals surface area contributed by atoms with Gasteiger partial charge in [-0.3, -0.25) is 9.59 Å². The van der Waals surface area contributed by atoms with E-state index in [0.29, 0.717) is 42.1 Å². The Morgan fingerprint density at radius 3 is 1.29 bits per heavy atom. The van der Waals surface area contributed by atoms with Gasteiger partial charge in [-0.1, -0.05) is 12.1 Å². The van der Waals surface area contributed by atoms with Crippen molar-refractivity contribution in [3.05, 3.63) is 71.8 Å². The molecule has 0 aliphatic carbocycles. The zero-order chi connectivity index (χ0) is 20.3. The summed E-state index contributed by atoms with van der Waals surface area (Å²) in [4.78, 5) is 27.1. The molecular weight excluding hydrogens is 429 g/mol. The maximum Gasteiger partial charge on any atom is 0.256 e. The summed E-state index contributed by atoms with van der Waals surface area (Å²) >= 11 is 17.2. The van der Waals surface area contributed by atoms with Gasteiger partial charge in [-0.05, 0) is 48.5 Å². The minimum Gasteiger partial charge on any atom is -0.322 e. The number of amides is 2. The van der Waals surface area contributed by atoms with Crippen LogP contribution in [0.15, 0.2) is 80.2 Å². The minimum atomic E-state index is -0.289. The van der Waals surface area contributed by atoms with E-state index in [-0.39, 0.29) is 11.8 Å². The van der Waals surface area contributed by atoms with Gasteiger partial charge in [-0.25, -0.2) is 0 Å². The SMILES string of the molecule is O=C(Nc1ccc(NC(=O)c2cccc(S)c2S)cc1)c1cccc(S)c1S. The molecule has 28 heavy (non-hydrogen) atoms. The van der Waals surface area contributed by atoms with Gasteiger partial charge in [0.2, 0.25) is 0 Å². The van der Waals surface area contributed by atoms with Crippen LogP contribution in [-0.4, -0.2) is 11.8 Å². The van der Waals surface area contributed by atoms with Crippen molar-refractivity contribution >= 4 is 73.7 Å². The Hall–Kier alpha value is -2.00. The molecule has 0 saturated heterocycles. The number of carbonyl (C=O) groups is 2. The van der Waals surface area contributed by atoms with Crippen LogP contribution in [-0.2, 0) is 0 Å². The third-order valence-corrected chi connectivity index (χ3v) is 5.98. The average molecular weight is 445 g/mol. The Balaban J connectivity index is 1.70. The summed E-state index contributed by atoms with van der Waals surface area (Å²) < 4.78 is 0. The van der Waals surface area contributed by atoms with E-state index in [0.717, 1.165) is 0 Å². The van der Waals surface area contributed by atoms with Crippen LogP contribution in [0.5, 0.6) is 0 Å². The number of hydrogen-bond donors (Lipinski definition) is 6. The molecule has 2 amide bonds. The molecule has 2 N–H and O–H groups in total. The molecule has 0 atom stereocenters. The van der Waals surface area contributed by atoms with Crippen LogP contribution in [0.2, 0.25) is 0 Å². The maximum absolute atomic E-state index is 12.4. The third-order valence-electron chi connectivity index (χ3n) is 3.92. The van der Waals surface area contributed by atoms with Crippen molar-refractivity contribution in [3.8, 4) is 0 Å². The van der Waals surface area contributed by atoms with E-state index in [9.17, 15) is 9.59 Å². The van der Waals surface area contributed by atoms with Gasteiger partial charge in [0.1, 0.15) is 0 Å². The molecule has 0 unspecified atom stereocenters. The highest BCUT2D eigenvalue weighted by molar-refractivity contribution is 7.84. The quantitative estimate of drug-likeness (QED) is 0.308. The number of nitrogens with one attached hydrogen (secondary N) is 2. The molecule has 0 fully saturated rings. The number of thiol groups is 4. The monoisotopic (exact) mass is 444 g/mol. The number of carbonyl (C=O) groups excluding carboxylic acids is 2. The molecule has 0 spiro atoms. The Bertz CT molecular complexity index is 968. The lowest BCUT2D eigenvalue weighted by Gasteiger charge is -2.11. The van der Waals surface area contributed by atoms with Crippen LogP contribution >= 0.6 is 50.5 Å². The molecule has 0 heterocycles. The van der Waals surface area contributed by atoms with Crippen LogP contribution in [0, 0.1) is 0 Å². The normalized spacial score (nSPS) is 10.4. The standard InChI is InChI=1S/C20H16N2O2S4/c23-19(13-3-1-5-15(25)17(13)27)21-11-7-9-12(10-8-11)22-20(24)14-4-2-6-16(26)18(14)28/h1-10,25-28H,(H,21,23)(H,22,24). The summed E-state index contributed by atoms with van der Waals surface area (Å²) in [6.45, 7) is 0. The van der Waals surface area contributed by atoms with Crippen LogP contribution < -0.4 is 10.6 Å². The second kappa shape index (κ2) is 9.00. The van der Waals surface area contributed by atoms with Gasteiger partial charge in [0, 0.05) is 31.0 Å². The molecule has 0 radical (unpaired) electrons. The van der Waals surface area contributed by atoms with Gasteiger partial charge < -0.3 is 10.6 Å². The molecule has 3 rings (SSSR count). The third kappa shape index (κ3) is 4.70. The lowest BCUT2D eigenvalue weighted by molar-refractivity contribution is 0.101. The van der Waals surface area contributed by atoms with E-state index in [4.69, 9.17) is 0 Å². The fourth-order valence-corrected chi connectivity index (χ4v) is 3.38. The molecule has 0 aliphatic rings. The minimum absolute atomic E-state index is 0.289. The smallest absolute Gasteiger partial charge is 0.256 e. The lowest BCUT2D eigenvalue weighted by atomic mass is 10.2. The van der Waals surface area contributed by atoms with Gasteiger partial charge in [0.25, 0.3) is 11.8 Å². The van der Waals surface area contributed by atoms with E-state index in [1.807, 2.05) is 0 Å². The maximum atomic E-state index is 12.4. The van der Waals surface area contributed by atoms with Crippen LogP contribution in [0.25, 0.3) is 0 Å². The zero-order valence-electron chi connectivity index (χ0n) is 14.4. The highest BCUT2D eigenvalue weighted by atomic mass is 32.1. The highest BCUT2D eigenvalue weighted by Gasteiger charge is 2.13. The molecule has 0 aliphatic heterocycles. The van der Waals surface area contributed by atoms with Crippen molar-refractivity contribution in [2.75, 3.05) is 10.6 Å². The Labute approximate surface area is 184 Å². The topological polar surface area (TPSA) is 58.2 Å².